The predicted molar refractivity (Wildman–Crippen MR) is 74.1 cm³/mol. The zero-order chi connectivity index (χ0) is 13.5. The number of fused-ring (bicyclic) bond motifs is 3. The Balaban J connectivity index is 1.60. The van der Waals surface area contributed by atoms with Gasteiger partial charge in [0.1, 0.15) is 0 Å². The van der Waals surface area contributed by atoms with Crippen LogP contribution in [-0.2, 0) is 4.79 Å². The molecule has 108 valence electrons. The Labute approximate surface area is 115 Å². The summed E-state index contributed by atoms with van der Waals surface area (Å²) in [5.74, 6) is -0.541. The molecule has 0 amide bonds. The Kier molecular flexibility index (Phi) is 3.34. The smallest absolute Gasteiger partial charge is 0.309 e. The standard InChI is InChI=1S/C15H26N2O2/c1-16-8-10-17(11-9-16)12-14-2-5-15(6-3-14,7-4-14)13(18)19/h2-12H2,1H3,(H,18,19). The van der Waals surface area contributed by atoms with E-state index in [0.29, 0.717) is 5.41 Å². The first-order chi connectivity index (χ1) is 9.04. The summed E-state index contributed by atoms with van der Waals surface area (Å²) < 4.78 is 0. The fourth-order valence-corrected chi connectivity index (χ4v) is 4.30. The predicted octanol–water partition coefficient (Wildman–Crippen LogP) is 1.66. The molecule has 19 heavy (non-hydrogen) atoms. The third-order valence-electron chi connectivity index (χ3n) is 6.01. The van der Waals surface area contributed by atoms with Crippen molar-refractivity contribution in [1.82, 2.24) is 9.80 Å². The van der Waals surface area contributed by atoms with E-state index in [4.69, 9.17) is 0 Å². The van der Waals surface area contributed by atoms with Gasteiger partial charge < -0.3 is 14.9 Å². The van der Waals surface area contributed by atoms with Crippen LogP contribution in [0.2, 0.25) is 0 Å². The number of hydrogen-bond donors (Lipinski definition) is 1. The Bertz CT molecular complexity index is 337. The van der Waals surface area contributed by atoms with Crippen LogP contribution in [0.5, 0.6) is 0 Å². The quantitative estimate of drug-likeness (QED) is 0.844. The lowest BCUT2D eigenvalue weighted by atomic mass is 9.53. The van der Waals surface area contributed by atoms with E-state index >= 15 is 0 Å². The van der Waals surface area contributed by atoms with Gasteiger partial charge in [0.05, 0.1) is 5.41 Å². The van der Waals surface area contributed by atoms with Crippen LogP contribution in [0.1, 0.15) is 38.5 Å². The monoisotopic (exact) mass is 266 g/mol. The third kappa shape index (κ3) is 2.40. The minimum absolute atomic E-state index is 0.357. The molecule has 4 rings (SSSR count). The van der Waals surface area contributed by atoms with E-state index in [1.54, 1.807) is 0 Å². The SMILES string of the molecule is CN1CCN(CC23CCC(C(=O)O)(CC2)CC3)CC1. The summed E-state index contributed by atoms with van der Waals surface area (Å²) in [7, 11) is 2.19. The molecule has 1 N–H and O–H groups in total. The average molecular weight is 266 g/mol. The second kappa shape index (κ2) is 4.74. The van der Waals surface area contributed by atoms with Gasteiger partial charge in [-0.15, -0.1) is 0 Å². The molecule has 3 saturated carbocycles. The molecule has 0 aromatic rings. The van der Waals surface area contributed by atoms with E-state index in [-0.39, 0.29) is 5.41 Å². The van der Waals surface area contributed by atoms with Gasteiger partial charge in [-0.3, -0.25) is 4.79 Å². The Morgan fingerprint density at radius 3 is 2.00 bits per heavy atom. The summed E-state index contributed by atoms with van der Waals surface area (Å²) in [5.41, 5.74) is 0.0803. The van der Waals surface area contributed by atoms with Crippen LogP contribution in [-0.4, -0.2) is 60.6 Å². The number of carboxylic acids is 1. The van der Waals surface area contributed by atoms with Gasteiger partial charge in [0.25, 0.3) is 0 Å². The lowest BCUT2D eigenvalue weighted by molar-refractivity contribution is -0.159. The van der Waals surface area contributed by atoms with Crippen molar-refractivity contribution in [2.75, 3.05) is 39.8 Å². The van der Waals surface area contributed by atoms with Crippen LogP contribution in [0.3, 0.4) is 0 Å². The minimum atomic E-state index is -0.541. The summed E-state index contributed by atoms with van der Waals surface area (Å²) in [6, 6.07) is 0. The van der Waals surface area contributed by atoms with Gasteiger partial charge in [-0.2, -0.15) is 0 Å². The molecular weight excluding hydrogens is 240 g/mol. The van der Waals surface area contributed by atoms with E-state index in [0.717, 1.165) is 38.5 Å². The van der Waals surface area contributed by atoms with Crippen LogP contribution < -0.4 is 0 Å². The fourth-order valence-electron chi connectivity index (χ4n) is 4.30. The lowest BCUT2D eigenvalue weighted by Gasteiger charge is -2.53. The van der Waals surface area contributed by atoms with E-state index < -0.39 is 5.97 Å². The maximum Gasteiger partial charge on any atom is 0.309 e. The molecule has 4 nitrogen and oxygen atoms in total. The zero-order valence-electron chi connectivity index (χ0n) is 12.0. The number of carboxylic acid groups (broad SMARTS) is 1. The molecule has 0 spiro atoms. The van der Waals surface area contributed by atoms with Crippen molar-refractivity contribution in [2.45, 2.75) is 38.5 Å². The molecule has 0 aromatic heterocycles. The van der Waals surface area contributed by atoms with Gasteiger partial charge >= 0.3 is 5.97 Å². The minimum Gasteiger partial charge on any atom is -0.481 e. The van der Waals surface area contributed by atoms with Crippen LogP contribution in [0, 0.1) is 10.8 Å². The van der Waals surface area contributed by atoms with Gasteiger partial charge in [0.2, 0.25) is 0 Å². The molecule has 0 atom stereocenters. The Morgan fingerprint density at radius 2 is 1.53 bits per heavy atom. The molecule has 0 aromatic carbocycles. The molecule has 4 aliphatic rings. The summed E-state index contributed by atoms with van der Waals surface area (Å²) in [5, 5.41) is 9.43. The summed E-state index contributed by atoms with van der Waals surface area (Å²) in [6.07, 6.45) is 6.13. The molecule has 3 aliphatic carbocycles. The second-order valence-electron chi connectivity index (χ2n) is 7.16. The van der Waals surface area contributed by atoms with E-state index in [9.17, 15) is 9.90 Å². The van der Waals surface area contributed by atoms with Crippen LogP contribution in [0.25, 0.3) is 0 Å². The highest BCUT2D eigenvalue weighted by molar-refractivity contribution is 5.75. The summed E-state index contributed by atoms with van der Waals surface area (Å²) in [4.78, 5) is 16.5. The van der Waals surface area contributed by atoms with E-state index in [1.165, 1.54) is 32.7 Å². The fraction of sp³-hybridized carbons (Fsp3) is 0.933. The highest BCUT2D eigenvalue weighted by Crippen LogP contribution is 2.57. The summed E-state index contributed by atoms with van der Waals surface area (Å²) in [6.45, 7) is 5.92. The zero-order valence-corrected chi connectivity index (χ0v) is 12.0. The van der Waals surface area contributed by atoms with Gasteiger partial charge in [-0.25, -0.2) is 0 Å². The number of nitrogens with zero attached hydrogens (tertiary/aromatic N) is 2. The van der Waals surface area contributed by atoms with E-state index in [1.807, 2.05) is 0 Å². The first-order valence-corrected chi connectivity index (χ1v) is 7.68. The van der Waals surface area contributed by atoms with Crippen molar-refractivity contribution in [3.63, 3.8) is 0 Å². The van der Waals surface area contributed by atoms with Crippen molar-refractivity contribution in [3.05, 3.63) is 0 Å². The maximum atomic E-state index is 11.4. The summed E-state index contributed by atoms with van der Waals surface area (Å²) >= 11 is 0. The normalized spacial score (nSPS) is 40.5. The highest BCUT2D eigenvalue weighted by Gasteiger charge is 2.52. The molecular formula is C15H26N2O2. The molecule has 2 bridgehead atoms. The second-order valence-corrected chi connectivity index (χ2v) is 7.16. The number of aliphatic carboxylic acids is 1. The molecule has 1 heterocycles. The number of rotatable bonds is 3. The number of hydrogen-bond acceptors (Lipinski definition) is 3. The van der Waals surface area contributed by atoms with Crippen molar-refractivity contribution in [3.8, 4) is 0 Å². The molecule has 0 unspecified atom stereocenters. The number of carbonyl (C=O) groups is 1. The van der Waals surface area contributed by atoms with Crippen LogP contribution >= 0.6 is 0 Å². The first-order valence-electron chi connectivity index (χ1n) is 7.68. The van der Waals surface area contributed by atoms with Gasteiger partial charge in [-0.05, 0) is 51.0 Å². The molecule has 0 radical (unpaired) electrons. The highest BCUT2D eigenvalue weighted by atomic mass is 16.4. The topological polar surface area (TPSA) is 43.8 Å². The van der Waals surface area contributed by atoms with Crippen LogP contribution in [0.4, 0.5) is 0 Å². The van der Waals surface area contributed by atoms with Crippen molar-refractivity contribution in [1.29, 1.82) is 0 Å². The Hall–Kier alpha value is -0.610. The average Bonchev–Trinajstić information content (AvgIpc) is 2.43. The molecule has 4 fully saturated rings. The molecule has 1 saturated heterocycles. The lowest BCUT2D eigenvalue weighted by Crippen LogP contribution is -2.53. The van der Waals surface area contributed by atoms with Crippen molar-refractivity contribution in [2.24, 2.45) is 10.8 Å². The maximum absolute atomic E-state index is 11.4. The molecule has 4 heteroatoms. The Morgan fingerprint density at radius 1 is 1.00 bits per heavy atom. The van der Waals surface area contributed by atoms with Crippen molar-refractivity contribution < 1.29 is 9.90 Å². The third-order valence-corrected chi connectivity index (χ3v) is 6.01. The number of piperazine rings is 1. The van der Waals surface area contributed by atoms with E-state index in [2.05, 4.69) is 16.8 Å². The van der Waals surface area contributed by atoms with Crippen LogP contribution in [0.15, 0.2) is 0 Å². The number of likely N-dealkylation sites (N-methyl/N-ethyl adjacent to an activating group) is 1. The molecule has 1 aliphatic heterocycles. The van der Waals surface area contributed by atoms with Gasteiger partial charge in [-0.1, -0.05) is 0 Å². The van der Waals surface area contributed by atoms with Crippen molar-refractivity contribution >= 4 is 5.97 Å². The first kappa shape index (κ1) is 13.4. The van der Waals surface area contributed by atoms with Gasteiger partial charge in [0.15, 0.2) is 0 Å². The van der Waals surface area contributed by atoms with Gasteiger partial charge in [0, 0.05) is 32.7 Å². The largest absolute Gasteiger partial charge is 0.481 e.